The van der Waals surface area contributed by atoms with Crippen LogP contribution in [-0.4, -0.2) is 24.2 Å². The van der Waals surface area contributed by atoms with Crippen molar-refractivity contribution in [1.29, 1.82) is 0 Å². The molecular weight excluding hydrogens is 436 g/mol. The summed E-state index contributed by atoms with van der Waals surface area (Å²) >= 11 is 1.43. The van der Waals surface area contributed by atoms with Crippen LogP contribution in [0.3, 0.4) is 0 Å². The molecule has 0 aliphatic rings. The highest BCUT2D eigenvalue weighted by molar-refractivity contribution is 7.16. The summed E-state index contributed by atoms with van der Waals surface area (Å²) in [6, 6.07) is 17.2. The van der Waals surface area contributed by atoms with Gasteiger partial charge in [-0.25, -0.2) is 4.79 Å². The molecule has 2 aromatic heterocycles. The number of thiazole rings is 1. The molecule has 3 aromatic carbocycles. The van der Waals surface area contributed by atoms with Gasteiger partial charge >= 0.3 is 5.63 Å². The zero-order valence-corrected chi connectivity index (χ0v) is 19.4. The molecule has 166 valence electrons. The third kappa shape index (κ3) is 3.79. The molecule has 0 unspecified atom stereocenters. The number of benzene rings is 3. The number of carbonyl (C=O) groups excluding carboxylic acids is 1. The van der Waals surface area contributed by atoms with Gasteiger partial charge in [-0.3, -0.25) is 4.79 Å². The van der Waals surface area contributed by atoms with E-state index in [2.05, 4.69) is 17.1 Å². The SMILES string of the molecule is COCCn1c(=NC(=O)c2cc3c(ccc4ccccc43)oc2=O)sc2c(C)cc(C)cc21. The van der Waals surface area contributed by atoms with Gasteiger partial charge in [0.05, 0.1) is 16.8 Å². The van der Waals surface area contributed by atoms with Crippen LogP contribution in [0.2, 0.25) is 0 Å². The summed E-state index contributed by atoms with van der Waals surface area (Å²) in [5, 5.41) is 2.62. The van der Waals surface area contributed by atoms with E-state index in [1.165, 1.54) is 11.3 Å². The second-order valence-corrected chi connectivity index (χ2v) is 9.00. The second-order valence-electron chi connectivity index (χ2n) is 8.02. The Balaban J connectivity index is 1.71. The number of aryl methyl sites for hydroxylation is 2. The second kappa shape index (κ2) is 8.42. The number of ether oxygens (including phenoxy) is 1. The van der Waals surface area contributed by atoms with E-state index in [-0.39, 0.29) is 5.56 Å². The van der Waals surface area contributed by atoms with Crippen molar-refractivity contribution < 1.29 is 13.9 Å². The van der Waals surface area contributed by atoms with Gasteiger partial charge in [-0.2, -0.15) is 4.99 Å². The van der Waals surface area contributed by atoms with Crippen LogP contribution < -0.4 is 10.4 Å². The number of carbonyl (C=O) groups is 1. The molecule has 6 nitrogen and oxygen atoms in total. The molecule has 0 saturated heterocycles. The van der Waals surface area contributed by atoms with Crippen molar-refractivity contribution in [3.8, 4) is 0 Å². The zero-order chi connectivity index (χ0) is 23.1. The van der Waals surface area contributed by atoms with Crippen LogP contribution >= 0.6 is 11.3 Å². The van der Waals surface area contributed by atoms with E-state index in [1.807, 2.05) is 48.7 Å². The molecule has 0 atom stereocenters. The van der Waals surface area contributed by atoms with Gasteiger partial charge < -0.3 is 13.7 Å². The highest BCUT2D eigenvalue weighted by atomic mass is 32.1. The predicted molar refractivity (Wildman–Crippen MR) is 131 cm³/mol. The maximum absolute atomic E-state index is 13.2. The lowest BCUT2D eigenvalue weighted by molar-refractivity contribution is 0.0994. The molecule has 0 radical (unpaired) electrons. The lowest BCUT2D eigenvalue weighted by Gasteiger charge is -2.06. The maximum atomic E-state index is 13.2. The molecule has 33 heavy (non-hydrogen) atoms. The smallest absolute Gasteiger partial charge is 0.349 e. The van der Waals surface area contributed by atoms with Crippen molar-refractivity contribution in [1.82, 2.24) is 4.57 Å². The molecule has 0 fully saturated rings. The van der Waals surface area contributed by atoms with Crippen LogP contribution in [0.15, 0.2) is 68.8 Å². The van der Waals surface area contributed by atoms with E-state index < -0.39 is 11.5 Å². The summed E-state index contributed by atoms with van der Waals surface area (Å²) in [6.45, 7) is 5.10. The normalized spacial score (nSPS) is 12.3. The average Bonchev–Trinajstić information content (AvgIpc) is 3.14. The van der Waals surface area contributed by atoms with Crippen molar-refractivity contribution >= 4 is 49.2 Å². The molecule has 1 amide bonds. The van der Waals surface area contributed by atoms with Crippen molar-refractivity contribution in [3.05, 3.63) is 86.5 Å². The summed E-state index contributed by atoms with van der Waals surface area (Å²) in [6.07, 6.45) is 0. The number of fused-ring (bicyclic) bond motifs is 4. The fraction of sp³-hybridized carbons (Fsp3) is 0.192. The molecule has 0 N–H and O–H groups in total. The first-order valence-corrected chi connectivity index (χ1v) is 11.4. The van der Waals surface area contributed by atoms with E-state index >= 15 is 0 Å². The quantitative estimate of drug-likeness (QED) is 0.282. The van der Waals surface area contributed by atoms with Gasteiger partial charge in [0.15, 0.2) is 4.80 Å². The van der Waals surface area contributed by atoms with Crippen molar-refractivity contribution in [2.45, 2.75) is 20.4 Å². The third-order valence-corrected chi connectivity index (χ3v) is 6.93. The van der Waals surface area contributed by atoms with Crippen LogP contribution in [0.5, 0.6) is 0 Å². The number of amides is 1. The van der Waals surface area contributed by atoms with Crippen LogP contribution in [-0.2, 0) is 11.3 Å². The molecule has 0 saturated carbocycles. The van der Waals surface area contributed by atoms with Gasteiger partial charge in [-0.05, 0) is 53.9 Å². The minimum Gasteiger partial charge on any atom is -0.422 e. The van der Waals surface area contributed by atoms with Crippen molar-refractivity contribution in [3.63, 3.8) is 0 Å². The number of hydrogen-bond donors (Lipinski definition) is 0. The Morgan fingerprint density at radius 2 is 1.91 bits per heavy atom. The van der Waals surface area contributed by atoms with E-state index in [4.69, 9.17) is 9.15 Å². The standard InChI is InChI=1S/C26H22N2O4S/c1-15-12-16(2)23-21(13-15)28(10-11-31-3)26(33-23)27-24(29)20-14-19-18-7-5-4-6-17(18)8-9-22(19)32-25(20)30/h4-9,12-14H,10-11H2,1-3H3. The minimum absolute atomic E-state index is 0.0810. The van der Waals surface area contributed by atoms with E-state index in [1.54, 1.807) is 19.2 Å². The number of rotatable bonds is 4. The van der Waals surface area contributed by atoms with Crippen molar-refractivity contribution in [2.75, 3.05) is 13.7 Å². The Labute approximate surface area is 193 Å². The van der Waals surface area contributed by atoms with E-state index in [9.17, 15) is 9.59 Å². The highest BCUT2D eigenvalue weighted by Gasteiger charge is 2.16. The van der Waals surface area contributed by atoms with Gasteiger partial charge in [0.1, 0.15) is 11.1 Å². The monoisotopic (exact) mass is 458 g/mol. The number of nitrogens with zero attached hydrogens (tertiary/aromatic N) is 2. The van der Waals surface area contributed by atoms with E-state index in [0.29, 0.717) is 28.9 Å². The van der Waals surface area contributed by atoms with Crippen LogP contribution in [0.1, 0.15) is 21.5 Å². The lowest BCUT2D eigenvalue weighted by atomic mass is 10.0. The first-order chi connectivity index (χ1) is 16.0. The lowest BCUT2D eigenvalue weighted by Crippen LogP contribution is -2.21. The molecule has 2 heterocycles. The van der Waals surface area contributed by atoms with Gasteiger partial charge in [-0.15, -0.1) is 0 Å². The van der Waals surface area contributed by atoms with Crippen LogP contribution in [0.4, 0.5) is 0 Å². The highest BCUT2D eigenvalue weighted by Crippen LogP contribution is 2.26. The van der Waals surface area contributed by atoms with Gasteiger partial charge in [-0.1, -0.05) is 47.7 Å². The van der Waals surface area contributed by atoms with Crippen molar-refractivity contribution in [2.24, 2.45) is 4.99 Å². The van der Waals surface area contributed by atoms with Crippen LogP contribution in [0.25, 0.3) is 32.0 Å². The molecule has 7 heteroatoms. The van der Waals surface area contributed by atoms with Gasteiger partial charge in [0.25, 0.3) is 5.91 Å². The van der Waals surface area contributed by atoms with Gasteiger partial charge in [0, 0.05) is 19.0 Å². The number of methoxy groups -OCH3 is 1. The number of hydrogen-bond acceptors (Lipinski definition) is 5. The van der Waals surface area contributed by atoms with Crippen LogP contribution in [0, 0.1) is 13.8 Å². The molecule has 0 aliphatic carbocycles. The Bertz CT molecular complexity index is 1670. The summed E-state index contributed by atoms with van der Waals surface area (Å²) in [4.78, 5) is 30.8. The molecule has 0 bridgehead atoms. The minimum atomic E-state index is -0.692. The largest absolute Gasteiger partial charge is 0.422 e. The average molecular weight is 459 g/mol. The first kappa shape index (κ1) is 21.3. The molecule has 0 spiro atoms. The first-order valence-electron chi connectivity index (χ1n) is 10.6. The fourth-order valence-corrected chi connectivity index (χ4v) is 5.27. The van der Waals surface area contributed by atoms with E-state index in [0.717, 1.165) is 32.1 Å². The number of aromatic nitrogens is 1. The molecule has 5 aromatic rings. The molecule has 0 aliphatic heterocycles. The Morgan fingerprint density at radius 3 is 2.73 bits per heavy atom. The Hall–Kier alpha value is -3.55. The maximum Gasteiger partial charge on any atom is 0.349 e. The summed E-state index contributed by atoms with van der Waals surface area (Å²) in [5.41, 5.74) is 2.91. The summed E-state index contributed by atoms with van der Waals surface area (Å²) in [7, 11) is 1.64. The summed E-state index contributed by atoms with van der Waals surface area (Å²) in [5.74, 6) is -0.620. The third-order valence-electron chi connectivity index (χ3n) is 5.70. The summed E-state index contributed by atoms with van der Waals surface area (Å²) < 4.78 is 13.8. The topological polar surface area (TPSA) is 73.8 Å². The Kier molecular flexibility index (Phi) is 5.44. The zero-order valence-electron chi connectivity index (χ0n) is 18.5. The molecule has 5 rings (SSSR count). The Morgan fingerprint density at radius 1 is 1.09 bits per heavy atom. The van der Waals surface area contributed by atoms with Gasteiger partial charge in [0.2, 0.25) is 0 Å². The predicted octanol–water partition coefficient (Wildman–Crippen LogP) is 4.97. The fourth-order valence-electron chi connectivity index (χ4n) is 4.16. The molecular formula is C26H22N2O4S.